The van der Waals surface area contributed by atoms with E-state index < -0.39 is 0 Å². The Hall–Kier alpha value is -0.323. The second-order valence-corrected chi connectivity index (χ2v) is 4.22. The average Bonchev–Trinajstić information content (AvgIpc) is 2.17. The first kappa shape index (κ1) is 12.7. The zero-order valence-corrected chi connectivity index (χ0v) is 10.6. The van der Waals surface area contributed by atoms with Crippen molar-refractivity contribution in [3.63, 3.8) is 0 Å². The Kier molecular flexibility index (Phi) is 9.52. The van der Waals surface area contributed by atoms with Crippen LogP contribution >= 0.6 is 0 Å². The van der Waals surface area contributed by atoms with Gasteiger partial charge in [0.25, 0.3) is 0 Å². The Labute approximate surface area is 84.5 Å². The Morgan fingerprint density at radius 3 is 2.46 bits per heavy atom. The highest BCUT2D eigenvalue weighted by molar-refractivity contribution is 6.38. The zero-order chi connectivity index (χ0) is 9.94. The molecule has 0 fully saturated rings. The van der Waals surface area contributed by atoms with Crippen LogP contribution in [0.4, 0.5) is 0 Å². The highest BCUT2D eigenvalue weighted by Crippen LogP contribution is 1.85. The minimum absolute atomic E-state index is 0.205. The third-order valence-electron chi connectivity index (χ3n) is 1.89. The van der Waals surface area contributed by atoms with Crippen LogP contribution in [0.1, 0.15) is 20.8 Å². The smallest absolute Gasteiger partial charge is 0.119 e. The summed E-state index contributed by atoms with van der Waals surface area (Å²) in [6.45, 7) is 10.7. The lowest BCUT2D eigenvalue weighted by Gasteiger charge is -2.14. The summed E-state index contributed by atoms with van der Waals surface area (Å²) in [6, 6.07) is 0. The highest BCUT2D eigenvalue weighted by Gasteiger charge is 1.88. The molecule has 0 saturated carbocycles. The molecule has 0 saturated heterocycles. The molecule has 0 radical (unpaired) electrons. The Morgan fingerprint density at radius 2 is 1.92 bits per heavy atom. The molecule has 0 aliphatic carbocycles. The third kappa shape index (κ3) is 8.02. The van der Waals surface area contributed by atoms with E-state index in [1.54, 1.807) is 0 Å². The standard InChI is InChI=1S/C9H23N3Si/c1-4-10-9-11-13-8-7-12(5-2)6-3/h7-8,10-11H,4-6,9,13H2,1-3H3. The van der Waals surface area contributed by atoms with Crippen LogP contribution in [0.3, 0.4) is 0 Å². The molecule has 0 unspecified atom stereocenters. The lowest BCUT2D eigenvalue weighted by Crippen LogP contribution is -2.31. The first-order chi connectivity index (χ1) is 6.35. The minimum atomic E-state index is -0.205. The summed E-state index contributed by atoms with van der Waals surface area (Å²) in [4.78, 5) is 5.71. The van der Waals surface area contributed by atoms with Gasteiger partial charge in [-0.15, -0.1) is 0 Å². The van der Waals surface area contributed by atoms with Crippen LogP contribution in [-0.4, -0.2) is 40.9 Å². The van der Waals surface area contributed by atoms with Gasteiger partial charge in [0.1, 0.15) is 9.68 Å². The maximum atomic E-state index is 3.40. The number of nitrogens with zero attached hydrogens (tertiary/aromatic N) is 1. The zero-order valence-electron chi connectivity index (χ0n) is 9.14. The molecule has 0 bridgehead atoms. The van der Waals surface area contributed by atoms with Crippen LogP contribution in [-0.2, 0) is 0 Å². The van der Waals surface area contributed by atoms with Gasteiger partial charge in [0.2, 0.25) is 0 Å². The van der Waals surface area contributed by atoms with Crippen LogP contribution < -0.4 is 10.3 Å². The maximum absolute atomic E-state index is 3.40. The molecule has 4 heteroatoms. The summed E-state index contributed by atoms with van der Waals surface area (Å²) in [7, 11) is -0.205. The Bertz CT molecular complexity index is 124. The summed E-state index contributed by atoms with van der Waals surface area (Å²) in [5.74, 6) is 0. The Morgan fingerprint density at radius 1 is 1.23 bits per heavy atom. The van der Waals surface area contributed by atoms with Crippen molar-refractivity contribution in [1.29, 1.82) is 0 Å². The van der Waals surface area contributed by atoms with E-state index in [2.05, 4.69) is 47.9 Å². The highest BCUT2D eigenvalue weighted by atomic mass is 28.2. The molecule has 2 N–H and O–H groups in total. The molecule has 0 aromatic heterocycles. The van der Waals surface area contributed by atoms with Crippen LogP contribution in [0.15, 0.2) is 11.9 Å². The van der Waals surface area contributed by atoms with Crippen molar-refractivity contribution in [3.05, 3.63) is 11.9 Å². The van der Waals surface area contributed by atoms with E-state index in [-0.39, 0.29) is 9.68 Å². The number of nitrogens with one attached hydrogen (secondary N) is 2. The van der Waals surface area contributed by atoms with E-state index in [9.17, 15) is 0 Å². The molecule has 0 rings (SSSR count). The lowest BCUT2D eigenvalue weighted by atomic mass is 10.5. The van der Waals surface area contributed by atoms with Gasteiger partial charge in [0, 0.05) is 19.8 Å². The molecule has 3 nitrogen and oxygen atoms in total. The molecule has 13 heavy (non-hydrogen) atoms. The predicted octanol–water partition coefficient (Wildman–Crippen LogP) is 0.0398. The SMILES string of the molecule is CCNCN[SiH2]C=CN(CC)CC. The van der Waals surface area contributed by atoms with E-state index in [1.807, 2.05) is 0 Å². The van der Waals surface area contributed by atoms with Gasteiger partial charge in [0.05, 0.1) is 0 Å². The van der Waals surface area contributed by atoms with Crippen LogP contribution in [0.5, 0.6) is 0 Å². The monoisotopic (exact) mass is 201 g/mol. The second kappa shape index (κ2) is 9.76. The fourth-order valence-electron chi connectivity index (χ4n) is 1.01. The fourth-order valence-corrected chi connectivity index (χ4v) is 1.90. The lowest BCUT2D eigenvalue weighted by molar-refractivity contribution is 0.419. The molecule has 0 aromatic carbocycles. The van der Waals surface area contributed by atoms with Gasteiger partial charge in [-0.1, -0.05) is 12.6 Å². The number of rotatable bonds is 8. The largest absolute Gasteiger partial charge is 0.379 e. The van der Waals surface area contributed by atoms with Crippen LogP contribution in [0.25, 0.3) is 0 Å². The normalized spacial score (nSPS) is 11.9. The van der Waals surface area contributed by atoms with Crippen molar-refractivity contribution in [1.82, 2.24) is 15.2 Å². The minimum Gasteiger partial charge on any atom is -0.379 e. The number of hydrogen-bond acceptors (Lipinski definition) is 3. The van der Waals surface area contributed by atoms with E-state index in [0.29, 0.717) is 0 Å². The van der Waals surface area contributed by atoms with E-state index in [1.165, 1.54) is 0 Å². The first-order valence-corrected chi connectivity index (χ1v) is 6.69. The maximum Gasteiger partial charge on any atom is 0.119 e. The van der Waals surface area contributed by atoms with Gasteiger partial charge in [-0.3, -0.25) is 0 Å². The fraction of sp³-hybridized carbons (Fsp3) is 0.778. The summed E-state index contributed by atoms with van der Waals surface area (Å²) in [5, 5.41) is 3.24. The van der Waals surface area contributed by atoms with E-state index in [0.717, 1.165) is 26.3 Å². The summed E-state index contributed by atoms with van der Waals surface area (Å²) in [6.07, 6.45) is 2.21. The molecule has 0 atom stereocenters. The van der Waals surface area contributed by atoms with Crippen molar-refractivity contribution < 1.29 is 0 Å². The predicted molar refractivity (Wildman–Crippen MR) is 62.3 cm³/mol. The molecular formula is C9H23N3Si. The summed E-state index contributed by atoms with van der Waals surface area (Å²) in [5.41, 5.74) is 2.30. The van der Waals surface area contributed by atoms with Crippen molar-refractivity contribution >= 4 is 9.68 Å². The molecule has 0 aliphatic heterocycles. The van der Waals surface area contributed by atoms with Crippen molar-refractivity contribution in [2.24, 2.45) is 0 Å². The quantitative estimate of drug-likeness (QED) is 0.330. The van der Waals surface area contributed by atoms with Gasteiger partial charge in [-0.25, -0.2) is 0 Å². The van der Waals surface area contributed by atoms with Crippen LogP contribution in [0.2, 0.25) is 0 Å². The molecular weight excluding hydrogens is 178 g/mol. The van der Waals surface area contributed by atoms with E-state index in [4.69, 9.17) is 0 Å². The summed E-state index contributed by atoms with van der Waals surface area (Å²) < 4.78 is 0. The van der Waals surface area contributed by atoms with Gasteiger partial charge < -0.3 is 15.2 Å². The molecule has 0 aliphatic rings. The number of hydrogen-bond donors (Lipinski definition) is 2. The third-order valence-corrected chi connectivity index (χ3v) is 2.88. The molecule has 0 amide bonds. The Balaban J connectivity index is 3.28. The van der Waals surface area contributed by atoms with Crippen molar-refractivity contribution in [3.8, 4) is 0 Å². The molecule has 78 valence electrons. The van der Waals surface area contributed by atoms with Crippen molar-refractivity contribution in [2.45, 2.75) is 20.8 Å². The van der Waals surface area contributed by atoms with Gasteiger partial charge in [-0.05, 0) is 26.6 Å². The first-order valence-electron chi connectivity index (χ1n) is 5.17. The second-order valence-electron chi connectivity index (χ2n) is 2.84. The summed E-state index contributed by atoms with van der Waals surface area (Å²) >= 11 is 0. The topological polar surface area (TPSA) is 27.3 Å². The average molecular weight is 201 g/mol. The van der Waals surface area contributed by atoms with Gasteiger partial charge >= 0.3 is 0 Å². The van der Waals surface area contributed by atoms with Crippen LogP contribution in [0, 0.1) is 0 Å². The van der Waals surface area contributed by atoms with Crippen molar-refractivity contribution in [2.75, 3.05) is 26.3 Å². The molecule has 0 aromatic rings. The van der Waals surface area contributed by atoms with Gasteiger partial charge in [-0.2, -0.15) is 0 Å². The van der Waals surface area contributed by atoms with Gasteiger partial charge in [0.15, 0.2) is 0 Å². The molecule has 0 spiro atoms. The van der Waals surface area contributed by atoms with E-state index >= 15 is 0 Å². The molecule has 0 heterocycles.